The smallest absolute Gasteiger partial charge is 0.326 e. The number of pyridine rings is 1. The topological polar surface area (TPSA) is 126 Å². The van der Waals surface area contributed by atoms with Gasteiger partial charge in [-0.1, -0.05) is 0 Å². The van der Waals surface area contributed by atoms with E-state index in [2.05, 4.69) is 9.88 Å². The Balaban J connectivity index is 1.30. The van der Waals surface area contributed by atoms with Gasteiger partial charge in [-0.05, 0) is 50.8 Å². The number of esters is 1. The van der Waals surface area contributed by atoms with Crippen molar-refractivity contribution >= 4 is 17.0 Å². The fourth-order valence-corrected chi connectivity index (χ4v) is 5.47. The van der Waals surface area contributed by atoms with Crippen LogP contribution < -0.4 is 15.6 Å². The molecule has 2 fully saturated rings. The fraction of sp³-hybridized carbons (Fsp3) is 0.567. The van der Waals surface area contributed by atoms with E-state index < -0.39 is 18.1 Å². The predicted octanol–water partition coefficient (Wildman–Crippen LogP) is 2.19. The van der Waals surface area contributed by atoms with Crippen molar-refractivity contribution in [3.8, 4) is 17.1 Å². The van der Waals surface area contributed by atoms with Crippen LogP contribution in [0.4, 0.5) is 0 Å². The van der Waals surface area contributed by atoms with Gasteiger partial charge in [0.2, 0.25) is 0 Å². The van der Waals surface area contributed by atoms with Gasteiger partial charge in [-0.3, -0.25) is 14.9 Å². The lowest BCUT2D eigenvalue weighted by Crippen LogP contribution is -2.48. The van der Waals surface area contributed by atoms with E-state index in [1.54, 1.807) is 18.5 Å². The molecule has 222 valence electrons. The number of imidazole rings is 1. The third-order valence-electron chi connectivity index (χ3n) is 7.76. The number of aliphatic hydroxyl groups is 1. The van der Waals surface area contributed by atoms with Crippen molar-refractivity contribution < 1.29 is 28.8 Å². The Morgan fingerprint density at radius 1 is 1.20 bits per heavy atom. The molecule has 0 aliphatic carbocycles. The van der Waals surface area contributed by atoms with E-state index in [4.69, 9.17) is 23.9 Å². The largest absolute Gasteiger partial charge is 0.492 e. The number of nitrogens with one attached hydrogen (secondary N) is 1. The van der Waals surface area contributed by atoms with Crippen LogP contribution in [0, 0.1) is 12.8 Å². The molecule has 1 aromatic carbocycles. The first-order chi connectivity index (χ1) is 19.8. The molecule has 0 spiro atoms. The number of nitrogens with zero attached hydrogens (tertiary/aromatic N) is 3. The molecule has 0 saturated carbocycles. The van der Waals surface area contributed by atoms with E-state index >= 15 is 0 Å². The van der Waals surface area contributed by atoms with Crippen molar-refractivity contribution in [3.63, 3.8) is 0 Å². The van der Waals surface area contributed by atoms with Crippen LogP contribution in [0.3, 0.4) is 0 Å². The first-order valence-corrected chi connectivity index (χ1v) is 14.4. The summed E-state index contributed by atoms with van der Waals surface area (Å²) in [6.07, 6.45) is 3.31. The molecule has 2 N–H and O–H groups in total. The van der Waals surface area contributed by atoms with Crippen molar-refractivity contribution in [2.75, 3.05) is 39.6 Å². The van der Waals surface area contributed by atoms with Crippen molar-refractivity contribution in [2.24, 2.45) is 13.0 Å². The highest BCUT2D eigenvalue weighted by atomic mass is 16.6. The molecular weight excluding hydrogens is 528 g/mol. The van der Waals surface area contributed by atoms with Crippen LogP contribution >= 0.6 is 0 Å². The van der Waals surface area contributed by atoms with E-state index in [9.17, 15) is 14.7 Å². The van der Waals surface area contributed by atoms with Gasteiger partial charge in [0.15, 0.2) is 0 Å². The number of carbonyl (C=O) groups is 1. The first kappa shape index (κ1) is 29.2. The third-order valence-corrected chi connectivity index (χ3v) is 7.76. The molecule has 0 bridgehead atoms. The molecule has 3 atom stereocenters. The monoisotopic (exact) mass is 568 g/mol. The van der Waals surface area contributed by atoms with Crippen LogP contribution in [0.25, 0.3) is 22.4 Å². The molecule has 2 aromatic heterocycles. The molecule has 41 heavy (non-hydrogen) atoms. The van der Waals surface area contributed by atoms with Gasteiger partial charge in [0.1, 0.15) is 30.3 Å². The van der Waals surface area contributed by atoms with E-state index in [1.807, 2.05) is 37.4 Å². The Kier molecular flexibility index (Phi) is 9.39. The molecular formula is C30H40N4O7. The van der Waals surface area contributed by atoms with Gasteiger partial charge in [-0.15, -0.1) is 0 Å². The number of aliphatic hydroxyl groups excluding tert-OH is 1. The maximum atomic E-state index is 12.5. The van der Waals surface area contributed by atoms with E-state index in [-0.39, 0.29) is 18.3 Å². The SMILES string of the molecule is Cc1cc(-c2nc3cc(OCCN[C@H](C(=O)OC4CCOC4)[C@@H](C)O)ccc3n2CC2CCOCC2)cn(C)c1=O. The average Bonchev–Trinajstić information content (AvgIpc) is 3.59. The molecule has 1 unspecified atom stereocenters. The van der Waals surface area contributed by atoms with Gasteiger partial charge >= 0.3 is 5.97 Å². The summed E-state index contributed by atoms with van der Waals surface area (Å²) in [5.74, 6) is 1.45. The first-order valence-electron chi connectivity index (χ1n) is 14.4. The molecule has 5 rings (SSSR count). The summed E-state index contributed by atoms with van der Waals surface area (Å²) >= 11 is 0. The minimum absolute atomic E-state index is 0.0243. The molecule has 11 heteroatoms. The molecule has 0 radical (unpaired) electrons. The maximum Gasteiger partial charge on any atom is 0.326 e. The molecule has 2 saturated heterocycles. The summed E-state index contributed by atoms with van der Waals surface area (Å²) < 4.78 is 26.1. The Morgan fingerprint density at radius 3 is 2.68 bits per heavy atom. The standard InChI is InChI=1S/C30H40N4O7/c1-19-14-22(17-33(3)29(19)36)28-32-25-15-23(4-5-26(25)34(28)16-21-6-10-38-11-7-21)40-13-9-31-27(20(2)35)30(37)41-24-8-12-39-18-24/h4-5,14-15,17,20-21,24,27,31,35H,6-13,16,18H2,1-3H3/t20-,24?,27+/m1/s1. The second-order valence-corrected chi connectivity index (χ2v) is 11.0. The van der Waals surface area contributed by atoms with Gasteiger partial charge in [-0.25, -0.2) is 4.98 Å². The van der Waals surface area contributed by atoms with Crippen molar-refractivity contribution in [3.05, 3.63) is 46.4 Å². The quantitative estimate of drug-likeness (QED) is 0.264. The molecule has 3 aromatic rings. The van der Waals surface area contributed by atoms with Gasteiger partial charge < -0.3 is 33.2 Å². The Morgan fingerprint density at radius 2 is 1.98 bits per heavy atom. The minimum Gasteiger partial charge on any atom is -0.492 e. The third kappa shape index (κ3) is 6.98. The maximum absolute atomic E-state index is 12.5. The number of hydrogen-bond acceptors (Lipinski definition) is 9. The van der Waals surface area contributed by atoms with Gasteiger partial charge in [-0.2, -0.15) is 0 Å². The Labute approximate surface area is 239 Å². The van der Waals surface area contributed by atoms with Crippen molar-refractivity contribution in [2.45, 2.75) is 57.9 Å². The fourth-order valence-electron chi connectivity index (χ4n) is 5.47. The number of fused-ring (bicyclic) bond motifs is 1. The highest BCUT2D eigenvalue weighted by molar-refractivity contribution is 5.82. The second-order valence-electron chi connectivity index (χ2n) is 11.0. The molecule has 4 heterocycles. The zero-order valence-corrected chi connectivity index (χ0v) is 24.0. The van der Waals surface area contributed by atoms with Crippen LogP contribution in [0.1, 0.15) is 31.7 Å². The summed E-state index contributed by atoms with van der Waals surface area (Å²) in [4.78, 5) is 29.9. The van der Waals surface area contributed by atoms with Crippen LogP contribution in [0.5, 0.6) is 5.75 Å². The van der Waals surface area contributed by atoms with Crippen LogP contribution in [0.2, 0.25) is 0 Å². The number of benzene rings is 1. The van der Waals surface area contributed by atoms with Crippen molar-refractivity contribution in [1.82, 2.24) is 19.4 Å². The molecule has 11 nitrogen and oxygen atoms in total. The van der Waals surface area contributed by atoms with Gasteiger partial charge in [0, 0.05) is 63.2 Å². The van der Waals surface area contributed by atoms with E-state index in [0.29, 0.717) is 43.4 Å². The highest BCUT2D eigenvalue weighted by Crippen LogP contribution is 2.30. The van der Waals surface area contributed by atoms with Crippen LogP contribution in [0.15, 0.2) is 35.3 Å². The van der Waals surface area contributed by atoms with Gasteiger partial charge in [0.25, 0.3) is 5.56 Å². The minimum atomic E-state index is -0.916. The van der Waals surface area contributed by atoms with Gasteiger partial charge in [0.05, 0.1) is 30.4 Å². The Bertz CT molecular complexity index is 1380. The lowest BCUT2D eigenvalue weighted by atomic mass is 10.00. The number of rotatable bonds is 11. The summed E-state index contributed by atoms with van der Waals surface area (Å²) in [5, 5.41) is 13.2. The van der Waals surface area contributed by atoms with E-state index in [0.717, 1.165) is 55.0 Å². The number of aromatic nitrogens is 3. The summed E-state index contributed by atoms with van der Waals surface area (Å²) in [6.45, 7) is 7.29. The van der Waals surface area contributed by atoms with Crippen LogP contribution in [-0.2, 0) is 32.6 Å². The lowest BCUT2D eigenvalue weighted by Gasteiger charge is -2.23. The van der Waals surface area contributed by atoms with Crippen LogP contribution in [-0.4, -0.2) is 83.0 Å². The zero-order valence-electron chi connectivity index (χ0n) is 24.0. The second kappa shape index (κ2) is 13.2. The number of hydrogen-bond donors (Lipinski definition) is 2. The lowest BCUT2D eigenvalue weighted by molar-refractivity contribution is -0.154. The zero-order chi connectivity index (χ0) is 28.9. The number of ether oxygens (including phenoxy) is 4. The number of aryl methyl sites for hydroxylation is 2. The van der Waals surface area contributed by atoms with E-state index in [1.165, 1.54) is 0 Å². The summed E-state index contributed by atoms with van der Waals surface area (Å²) in [7, 11) is 1.76. The highest BCUT2D eigenvalue weighted by Gasteiger charge is 2.29. The molecule has 2 aliphatic rings. The molecule has 0 amide bonds. The average molecular weight is 569 g/mol. The Hall–Kier alpha value is -3.25. The van der Waals surface area contributed by atoms with Crippen molar-refractivity contribution in [1.29, 1.82) is 0 Å². The predicted molar refractivity (Wildman–Crippen MR) is 153 cm³/mol. The normalized spacial score (nSPS) is 19.4. The summed E-state index contributed by atoms with van der Waals surface area (Å²) in [5.41, 5.74) is 3.33. The summed E-state index contributed by atoms with van der Waals surface area (Å²) in [6, 6.07) is 6.89. The number of carbonyl (C=O) groups excluding carboxylic acids is 1. The molecule has 2 aliphatic heterocycles.